The number of para-hydroxylation sites is 2. The molecule has 0 unspecified atom stereocenters. The van der Waals surface area contributed by atoms with Gasteiger partial charge < -0.3 is 19.7 Å². The van der Waals surface area contributed by atoms with Gasteiger partial charge in [-0.1, -0.05) is 18.2 Å². The molecule has 3 rings (SSSR count). The van der Waals surface area contributed by atoms with Gasteiger partial charge in [-0.2, -0.15) is 0 Å². The SMILES string of the molecule is COc1ccccc1OCC(=O)N1CCC(NC(=O)c2cccs2)CC1. The zero-order valence-electron chi connectivity index (χ0n) is 14.6. The minimum atomic E-state index is -0.0565. The summed E-state index contributed by atoms with van der Waals surface area (Å²) in [7, 11) is 1.57. The van der Waals surface area contributed by atoms with Crippen LogP contribution in [-0.2, 0) is 4.79 Å². The molecule has 0 spiro atoms. The van der Waals surface area contributed by atoms with Crippen molar-refractivity contribution in [1.29, 1.82) is 0 Å². The van der Waals surface area contributed by atoms with Crippen LogP contribution in [0.3, 0.4) is 0 Å². The molecule has 1 aliphatic rings. The van der Waals surface area contributed by atoms with Crippen LogP contribution in [0.15, 0.2) is 41.8 Å². The fourth-order valence-corrected chi connectivity index (χ4v) is 3.53. The van der Waals surface area contributed by atoms with Gasteiger partial charge in [0.15, 0.2) is 18.1 Å². The van der Waals surface area contributed by atoms with Gasteiger partial charge in [-0.3, -0.25) is 9.59 Å². The maximum absolute atomic E-state index is 12.4. The molecule has 2 aromatic rings. The highest BCUT2D eigenvalue weighted by Gasteiger charge is 2.24. The van der Waals surface area contributed by atoms with E-state index in [4.69, 9.17) is 9.47 Å². The third-order valence-electron chi connectivity index (χ3n) is 4.35. The molecule has 0 radical (unpaired) electrons. The monoisotopic (exact) mass is 374 g/mol. The number of hydrogen-bond acceptors (Lipinski definition) is 5. The summed E-state index contributed by atoms with van der Waals surface area (Å²) >= 11 is 1.43. The van der Waals surface area contributed by atoms with Crippen molar-refractivity contribution in [1.82, 2.24) is 10.2 Å². The van der Waals surface area contributed by atoms with Crippen molar-refractivity contribution >= 4 is 23.2 Å². The van der Waals surface area contributed by atoms with E-state index in [0.717, 1.165) is 12.8 Å². The molecule has 1 aromatic heterocycles. The summed E-state index contributed by atoms with van der Waals surface area (Å²) in [5.74, 6) is 1.07. The van der Waals surface area contributed by atoms with E-state index in [9.17, 15) is 9.59 Å². The topological polar surface area (TPSA) is 67.9 Å². The number of methoxy groups -OCH3 is 1. The highest BCUT2D eigenvalue weighted by molar-refractivity contribution is 7.12. The van der Waals surface area contributed by atoms with E-state index < -0.39 is 0 Å². The number of carbonyl (C=O) groups excluding carboxylic acids is 2. The quantitative estimate of drug-likeness (QED) is 0.844. The molecular formula is C19H22N2O4S. The molecule has 1 N–H and O–H groups in total. The largest absolute Gasteiger partial charge is 0.493 e. The molecule has 1 saturated heterocycles. The number of piperidine rings is 1. The lowest BCUT2D eigenvalue weighted by Gasteiger charge is -2.32. The van der Waals surface area contributed by atoms with E-state index in [-0.39, 0.29) is 24.5 Å². The Hall–Kier alpha value is -2.54. The summed E-state index contributed by atoms with van der Waals surface area (Å²) in [6.45, 7) is 1.21. The molecule has 1 fully saturated rings. The standard InChI is InChI=1S/C19H22N2O4S/c1-24-15-5-2-3-6-16(15)25-13-18(22)21-10-8-14(9-11-21)20-19(23)17-7-4-12-26-17/h2-7,12,14H,8-11,13H2,1H3,(H,20,23). The molecular weight excluding hydrogens is 352 g/mol. The van der Waals surface area contributed by atoms with Crippen LogP contribution in [-0.4, -0.2) is 49.6 Å². The summed E-state index contributed by atoms with van der Waals surface area (Å²) in [6.07, 6.45) is 1.50. The average molecular weight is 374 g/mol. The lowest BCUT2D eigenvalue weighted by Crippen LogP contribution is -2.47. The number of likely N-dealkylation sites (tertiary alicyclic amines) is 1. The number of thiophene rings is 1. The van der Waals surface area contributed by atoms with Gasteiger partial charge in [0.2, 0.25) is 0 Å². The second kappa shape index (κ2) is 8.71. The molecule has 2 heterocycles. The normalized spacial score (nSPS) is 14.7. The summed E-state index contributed by atoms with van der Waals surface area (Å²) in [4.78, 5) is 27.0. The van der Waals surface area contributed by atoms with Gasteiger partial charge in [0.05, 0.1) is 12.0 Å². The van der Waals surface area contributed by atoms with Crippen LogP contribution in [0.25, 0.3) is 0 Å². The van der Waals surface area contributed by atoms with E-state index in [1.54, 1.807) is 24.1 Å². The highest BCUT2D eigenvalue weighted by atomic mass is 32.1. The van der Waals surface area contributed by atoms with Crippen molar-refractivity contribution < 1.29 is 19.1 Å². The zero-order chi connectivity index (χ0) is 18.4. The first kappa shape index (κ1) is 18.3. The lowest BCUT2D eigenvalue weighted by molar-refractivity contribution is -0.134. The zero-order valence-corrected chi connectivity index (χ0v) is 15.5. The number of carbonyl (C=O) groups is 2. The molecule has 26 heavy (non-hydrogen) atoms. The predicted molar refractivity (Wildman–Crippen MR) is 99.9 cm³/mol. The van der Waals surface area contributed by atoms with E-state index in [2.05, 4.69) is 5.32 Å². The second-order valence-electron chi connectivity index (χ2n) is 6.05. The Morgan fingerprint density at radius 1 is 1.15 bits per heavy atom. The van der Waals surface area contributed by atoms with E-state index >= 15 is 0 Å². The van der Waals surface area contributed by atoms with Gasteiger partial charge in [0, 0.05) is 19.1 Å². The van der Waals surface area contributed by atoms with Gasteiger partial charge in [-0.05, 0) is 36.4 Å². The van der Waals surface area contributed by atoms with E-state index in [1.165, 1.54) is 11.3 Å². The number of nitrogens with one attached hydrogen (secondary N) is 1. The summed E-state index contributed by atoms with van der Waals surface area (Å²) in [5.41, 5.74) is 0. The Labute approximate surface area is 156 Å². The second-order valence-corrected chi connectivity index (χ2v) is 6.99. The molecule has 6 nitrogen and oxygen atoms in total. The molecule has 0 saturated carbocycles. The van der Waals surface area contributed by atoms with Crippen LogP contribution >= 0.6 is 11.3 Å². The molecule has 7 heteroatoms. The van der Waals surface area contributed by atoms with Crippen molar-refractivity contribution in [3.8, 4) is 11.5 Å². The van der Waals surface area contributed by atoms with E-state index in [1.807, 2.05) is 29.6 Å². The third-order valence-corrected chi connectivity index (χ3v) is 5.22. The fourth-order valence-electron chi connectivity index (χ4n) is 2.91. The van der Waals surface area contributed by atoms with Gasteiger partial charge in [-0.25, -0.2) is 0 Å². The minimum absolute atomic E-state index is 0.0212. The molecule has 0 aliphatic carbocycles. The molecule has 0 atom stereocenters. The molecule has 0 bridgehead atoms. The Kier molecular flexibility index (Phi) is 6.12. The number of benzene rings is 1. The Balaban J connectivity index is 1.44. The summed E-state index contributed by atoms with van der Waals surface area (Å²) in [5, 5.41) is 4.93. The van der Waals surface area contributed by atoms with E-state index in [0.29, 0.717) is 29.5 Å². The van der Waals surface area contributed by atoms with Gasteiger partial charge in [0.1, 0.15) is 0 Å². The molecule has 1 aromatic carbocycles. The third kappa shape index (κ3) is 4.54. The number of nitrogens with zero attached hydrogens (tertiary/aromatic N) is 1. The first-order valence-corrected chi connectivity index (χ1v) is 9.43. The Morgan fingerprint density at radius 2 is 1.88 bits per heavy atom. The van der Waals surface area contributed by atoms with Crippen LogP contribution in [0.4, 0.5) is 0 Å². The summed E-state index contributed by atoms with van der Waals surface area (Å²) < 4.78 is 10.8. The van der Waals surface area contributed by atoms with Crippen molar-refractivity contribution in [2.75, 3.05) is 26.8 Å². The first-order valence-electron chi connectivity index (χ1n) is 8.55. The summed E-state index contributed by atoms with van der Waals surface area (Å²) in [6, 6.07) is 11.0. The van der Waals surface area contributed by atoms with Crippen molar-refractivity contribution in [3.05, 3.63) is 46.7 Å². The van der Waals surface area contributed by atoms with Crippen molar-refractivity contribution in [3.63, 3.8) is 0 Å². The molecule has 2 amide bonds. The van der Waals surface area contributed by atoms with Crippen LogP contribution in [0, 0.1) is 0 Å². The fraction of sp³-hybridized carbons (Fsp3) is 0.368. The number of hydrogen-bond donors (Lipinski definition) is 1. The van der Waals surface area contributed by atoms with Crippen LogP contribution in [0.1, 0.15) is 22.5 Å². The molecule has 138 valence electrons. The maximum atomic E-state index is 12.4. The Bertz CT molecular complexity index is 740. The number of amides is 2. The highest BCUT2D eigenvalue weighted by Crippen LogP contribution is 2.25. The van der Waals surface area contributed by atoms with Crippen LogP contribution in [0.2, 0.25) is 0 Å². The number of ether oxygens (including phenoxy) is 2. The smallest absolute Gasteiger partial charge is 0.261 e. The van der Waals surface area contributed by atoms with Gasteiger partial charge in [-0.15, -0.1) is 11.3 Å². The van der Waals surface area contributed by atoms with Gasteiger partial charge >= 0.3 is 0 Å². The number of rotatable bonds is 6. The van der Waals surface area contributed by atoms with Crippen LogP contribution < -0.4 is 14.8 Å². The Morgan fingerprint density at radius 3 is 2.54 bits per heavy atom. The van der Waals surface area contributed by atoms with Gasteiger partial charge in [0.25, 0.3) is 11.8 Å². The lowest BCUT2D eigenvalue weighted by atomic mass is 10.0. The van der Waals surface area contributed by atoms with Crippen molar-refractivity contribution in [2.45, 2.75) is 18.9 Å². The minimum Gasteiger partial charge on any atom is -0.493 e. The first-order chi connectivity index (χ1) is 12.7. The van der Waals surface area contributed by atoms with Crippen molar-refractivity contribution in [2.24, 2.45) is 0 Å². The average Bonchev–Trinajstić information content (AvgIpc) is 3.22. The maximum Gasteiger partial charge on any atom is 0.261 e. The van der Waals surface area contributed by atoms with Crippen LogP contribution in [0.5, 0.6) is 11.5 Å². The molecule has 1 aliphatic heterocycles. The predicted octanol–water partition coefficient (Wildman–Crippen LogP) is 2.56.